The highest BCUT2D eigenvalue weighted by Gasteiger charge is 2.25. The van der Waals surface area contributed by atoms with Crippen molar-refractivity contribution in [3.8, 4) is 10.6 Å². The van der Waals surface area contributed by atoms with Gasteiger partial charge in [0.2, 0.25) is 5.89 Å². The van der Waals surface area contributed by atoms with Crippen molar-refractivity contribution in [2.75, 3.05) is 6.54 Å². The molecule has 1 aliphatic heterocycles. The summed E-state index contributed by atoms with van der Waals surface area (Å²) in [5.41, 5.74) is 3.48. The first-order chi connectivity index (χ1) is 15.2. The molecule has 0 radical (unpaired) electrons. The van der Waals surface area contributed by atoms with Crippen molar-refractivity contribution in [3.63, 3.8) is 0 Å². The van der Waals surface area contributed by atoms with Gasteiger partial charge in [-0.25, -0.2) is 4.98 Å². The molecule has 0 aliphatic carbocycles. The molecule has 0 aromatic carbocycles. The Morgan fingerprint density at radius 1 is 1.26 bits per heavy atom. The lowest BCUT2D eigenvalue weighted by Crippen LogP contribution is -2.22. The van der Waals surface area contributed by atoms with Crippen LogP contribution in [0.1, 0.15) is 46.3 Å². The summed E-state index contributed by atoms with van der Waals surface area (Å²) in [7, 11) is 0. The number of unbranched alkanes of at least 4 members (excludes halogenated alkanes) is 1. The minimum atomic E-state index is 0.278. The van der Waals surface area contributed by atoms with Crippen LogP contribution < -0.4 is 5.32 Å². The summed E-state index contributed by atoms with van der Waals surface area (Å²) < 4.78 is 6.13. The second-order valence-electron chi connectivity index (χ2n) is 7.74. The summed E-state index contributed by atoms with van der Waals surface area (Å²) in [6, 6.07) is 2.01. The predicted octanol–water partition coefficient (Wildman–Crippen LogP) is 4.28. The van der Waals surface area contributed by atoms with E-state index in [1.54, 1.807) is 35.8 Å². The molecule has 0 bridgehead atoms. The van der Waals surface area contributed by atoms with Crippen molar-refractivity contribution in [2.45, 2.75) is 52.0 Å². The fourth-order valence-electron chi connectivity index (χ4n) is 3.97. The van der Waals surface area contributed by atoms with Gasteiger partial charge < -0.3 is 9.84 Å². The molecule has 4 aromatic heterocycles. The minimum absolute atomic E-state index is 0.278. The second-order valence-corrected chi connectivity index (χ2v) is 9.96. The van der Waals surface area contributed by atoms with Gasteiger partial charge in [0, 0.05) is 54.2 Å². The van der Waals surface area contributed by atoms with Gasteiger partial charge in [0.1, 0.15) is 16.3 Å². The number of hydrogen-bond donors (Lipinski definition) is 1. The Kier molecular flexibility index (Phi) is 5.89. The number of aryl methyl sites for hydroxylation is 2. The van der Waals surface area contributed by atoms with Gasteiger partial charge in [-0.15, -0.1) is 22.7 Å². The predicted molar refractivity (Wildman–Crippen MR) is 121 cm³/mol. The highest BCUT2D eigenvalue weighted by Crippen LogP contribution is 2.41. The monoisotopic (exact) mass is 453 g/mol. The van der Waals surface area contributed by atoms with Gasteiger partial charge >= 0.3 is 0 Å². The van der Waals surface area contributed by atoms with E-state index >= 15 is 0 Å². The van der Waals surface area contributed by atoms with Gasteiger partial charge in [-0.1, -0.05) is 5.16 Å². The van der Waals surface area contributed by atoms with Crippen molar-refractivity contribution in [3.05, 3.63) is 45.5 Å². The van der Waals surface area contributed by atoms with Crippen LogP contribution in [0.3, 0.4) is 0 Å². The molecule has 0 unspecified atom stereocenters. The zero-order valence-electron chi connectivity index (χ0n) is 17.3. The first-order valence-corrected chi connectivity index (χ1v) is 12.2. The summed E-state index contributed by atoms with van der Waals surface area (Å²) in [5.74, 6) is 1.58. The van der Waals surface area contributed by atoms with Gasteiger partial charge in [0.15, 0.2) is 5.82 Å². The first-order valence-electron chi connectivity index (χ1n) is 10.5. The topological polar surface area (TPSA) is 93.8 Å². The molecule has 0 amide bonds. The summed E-state index contributed by atoms with van der Waals surface area (Å²) in [6.45, 7) is 3.62. The maximum Gasteiger partial charge on any atom is 0.223 e. The van der Waals surface area contributed by atoms with E-state index in [1.807, 2.05) is 12.3 Å². The summed E-state index contributed by atoms with van der Waals surface area (Å²) in [6.07, 6.45) is 8.10. The zero-order chi connectivity index (χ0) is 21.2. The molecule has 0 fully saturated rings. The van der Waals surface area contributed by atoms with Crippen molar-refractivity contribution >= 4 is 38.7 Å². The third kappa shape index (κ3) is 4.44. The van der Waals surface area contributed by atoms with E-state index in [4.69, 9.17) is 9.51 Å². The van der Waals surface area contributed by atoms with Crippen LogP contribution in [0.2, 0.25) is 0 Å². The van der Waals surface area contributed by atoms with Crippen molar-refractivity contribution in [1.29, 1.82) is 0 Å². The third-order valence-corrected chi connectivity index (χ3v) is 7.72. The van der Waals surface area contributed by atoms with E-state index in [2.05, 4.69) is 20.4 Å². The highest BCUT2D eigenvalue weighted by atomic mass is 32.1. The molecule has 160 valence electrons. The number of pyridine rings is 1. The Morgan fingerprint density at radius 2 is 2.19 bits per heavy atom. The number of thiophene rings is 1. The van der Waals surface area contributed by atoms with Crippen LogP contribution in [0.5, 0.6) is 0 Å². The van der Waals surface area contributed by atoms with Crippen LogP contribution in [-0.2, 0) is 30.6 Å². The molecule has 0 atom stereocenters. The standard InChI is InChI=1S/C22H23N5O2S2/c1-13-25-20(27-29-13)5-3-2-4-14(28)10-18-21(15-6-8-24-12-19(15)30-18)22-26-16-11-23-9-7-17(16)31-22/h7,9,11,24H,2-6,8,10,12H2,1H3. The van der Waals surface area contributed by atoms with Gasteiger partial charge in [-0.3, -0.25) is 9.78 Å². The molecule has 4 aromatic rings. The number of fused-ring (bicyclic) bond motifs is 2. The number of thiazole rings is 1. The lowest BCUT2D eigenvalue weighted by molar-refractivity contribution is -0.118. The van der Waals surface area contributed by atoms with Gasteiger partial charge in [-0.2, -0.15) is 4.98 Å². The number of Topliss-reactive ketones (excluding diaryl/α,β-unsaturated/α-hetero) is 1. The number of ketones is 1. The van der Waals surface area contributed by atoms with Crippen LogP contribution in [-0.4, -0.2) is 32.4 Å². The van der Waals surface area contributed by atoms with Crippen LogP contribution in [0, 0.1) is 6.92 Å². The Balaban J connectivity index is 1.31. The SMILES string of the molecule is Cc1nc(CCCCC(=O)Cc2sc3c(c2-c2nc4cnccc4s2)CCNC3)no1. The van der Waals surface area contributed by atoms with Gasteiger partial charge in [-0.05, 0) is 37.4 Å². The highest BCUT2D eigenvalue weighted by molar-refractivity contribution is 7.22. The number of rotatable bonds is 8. The molecule has 7 nitrogen and oxygen atoms in total. The number of carbonyl (C=O) groups is 1. The molecule has 31 heavy (non-hydrogen) atoms. The number of nitrogens with one attached hydrogen (secondary N) is 1. The molecule has 1 aliphatic rings. The van der Waals surface area contributed by atoms with Crippen LogP contribution in [0.15, 0.2) is 23.0 Å². The minimum Gasteiger partial charge on any atom is -0.340 e. The Labute approximate surface area is 187 Å². The van der Waals surface area contributed by atoms with Crippen molar-refractivity contribution < 1.29 is 9.32 Å². The fraction of sp³-hybridized carbons (Fsp3) is 0.409. The lowest BCUT2D eigenvalue weighted by atomic mass is 10.00. The van der Waals surface area contributed by atoms with Crippen molar-refractivity contribution in [2.24, 2.45) is 0 Å². The Morgan fingerprint density at radius 3 is 3.03 bits per heavy atom. The molecule has 5 rings (SSSR count). The van der Waals surface area contributed by atoms with Gasteiger partial charge in [0.05, 0.1) is 10.9 Å². The second kappa shape index (κ2) is 8.94. The average Bonchev–Trinajstić information content (AvgIpc) is 3.46. The number of carbonyl (C=O) groups excluding carboxylic acids is 1. The average molecular weight is 454 g/mol. The smallest absolute Gasteiger partial charge is 0.223 e. The van der Waals surface area contributed by atoms with E-state index in [9.17, 15) is 4.79 Å². The Hall–Kier alpha value is -2.49. The van der Waals surface area contributed by atoms with Gasteiger partial charge in [0.25, 0.3) is 0 Å². The molecule has 1 N–H and O–H groups in total. The summed E-state index contributed by atoms with van der Waals surface area (Å²) >= 11 is 3.46. The molecule has 0 saturated carbocycles. The quantitative estimate of drug-likeness (QED) is 0.398. The summed E-state index contributed by atoms with van der Waals surface area (Å²) in [4.78, 5) is 28.6. The van der Waals surface area contributed by atoms with E-state index in [0.29, 0.717) is 18.7 Å². The fourth-order valence-corrected chi connectivity index (χ4v) is 6.42. The first kappa shape index (κ1) is 20.4. The third-order valence-electron chi connectivity index (χ3n) is 5.44. The largest absolute Gasteiger partial charge is 0.340 e. The molecule has 0 saturated heterocycles. The lowest BCUT2D eigenvalue weighted by Gasteiger charge is -2.13. The molecule has 0 spiro atoms. The van der Waals surface area contributed by atoms with E-state index in [1.165, 1.54) is 16.0 Å². The molecular formula is C22H23N5O2S2. The Bertz CT molecular complexity index is 1190. The van der Waals surface area contributed by atoms with E-state index in [-0.39, 0.29) is 5.78 Å². The van der Waals surface area contributed by atoms with Crippen molar-refractivity contribution in [1.82, 2.24) is 25.4 Å². The number of hydrogen-bond acceptors (Lipinski definition) is 9. The number of aromatic nitrogens is 4. The maximum absolute atomic E-state index is 12.8. The zero-order valence-corrected chi connectivity index (χ0v) is 18.9. The van der Waals surface area contributed by atoms with Crippen LogP contribution in [0.25, 0.3) is 20.8 Å². The molecule has 5 heterocycles. The molecular weight excluding hydrogens is 430 g/mol. The maximum atomic E-state index is 12.8. The van der Waals surface area contributed by atoms with E-state index in [0.717, 1.165) is 64.7 Å². The van der Waals surface area contributed by atoms with E-state index < -0.39 is 0 Å². The van der Waals surface area contributed by atoms with Crippen LogP contribution >= 0.6 is 22.7 Å². The normalized spacial score (nSPS) is 13.6. The summed E-state index contributed by atoms with van der Waals surface area (Å²) in [5, 5.41) is 8.38. The number of nitrogens with zero attached hydrogens (tertiary/aromatic N) is 4. The molecule has 9 heteroatoms. The van der Waals surface area contributed by atoms with Crippen LogP contribution in [0.4, 0.5) is 0 Å².